The van der Waals surface area contributed by atoms with Gasteiger partial charge in [-0.1, -0.05) is 44.1 Å². The van der Waals surface area contributed by atoms with Crippen molar-refractivity contribution in [3.05, 3.63) is 71.6 Å². The first-order valence-corrected chi connectivity index (χ1v) is 9.46. The number of nitrogens with one attached hydrogen (secondary N) is 1. The van der Waals surface area contributed by atoms with Crippen molar-refractivity contribution in [2.24, 2.45) is 0 Å². The highest BCUT2D eigenvalue weighted by Gasteiger charge is 2.19. The summed E-state index contributed by atoms with van der Waals surface area (Å²) in [6.45, 7) is 8.92. The van der Waals surface area contributed by atoms with Crippen molar-refractivity contribution in [2.75, 3.05) is 0 Å². The molecule has 0 saturated heterocycles. The van der Waals surface area contributed by atoms with Gasteiger partial charge in [0.15, 0.2) is 0 Å². The number of amides is 1. The van der Waals surface area contributed by atoms with E-state index in [2.05, 4.69) is 65.0 Å². The molecule has 7 nitrogen and oxygen atoms in total. The summed E-state index contributed by atoms with van der Waals surface area (Å²) in [4.78, 5) is 15.8. The summed E-state index contributed by atoms with van der Waals surface area (Å²) in [5.74, 6) is -0.331. The number of hydrogen-bond donors (Lipinski definition) is 1. The Kier molecular flexibility index (Phi) is 4.66. The maximum Gasteiger partial charge on any atom is 0.292 e. The minimum Gasteiger partial charge on any atom is -0.345 e. The van der Waals surface area contributed by atoms with Gasteiger partial charge in [-0.05, 0) is 41.8 Å². The smallest absolute Gasteiger partial charge is 0.292 e. The maximum absolute atomic E-state index is 12.0. The fraction of sp³-hybridized carbons (Fsp3) is 0.273. The minimum atomic E-state index is -0.360. The number of fused-ring (bicyclic) bond motifs is 1. The van der Waals surface area contributed by atoms with E-state index in [9.17, 15) is 4.79 Å². The predicted molar refractivity (Wildman–Crippen MR) is 110 cm³/mol. The van der Waals surface area contributed by atoms with Gasteiger partial charge in [0.1, 0.15) is 0 Å². The number of aryl methyl sites for hydroxylation is 1. The molecule has 0 atom stereocenters. The Morgan fingerprint density at radius 2 is 2.03 bits per heavy atom. The van der Waals surface area contributed by atoms with Crippen LogP contribution in [0, 0.1) is 6.92 Å². The summed E-state index contributed by atoms with van der Waals surface area (Å²) in [6, 6.07) is 12.5. The average molecular weight is 389 g/mol. The second-order valence-electron chi connectivity index (χ2n) is 8.11. The van der Waals surface area contributed by atoms with Crippen LogP contribution in [0.4, 0.5) is 0 Å². The lowest BCUT2D eigenvalue weighted by Crippen LogP contribution is -2.24. The monoisotopic (exact) mass is 389 g/mol. The molecule has 0 fully saturated rings. The van der Waals surface area contributed by atoms with E-state index in [1.165, 1.54) is 0 Å². The first kappa shape index (κ1) is 18.9. The fourth-order valence-corrected chi connectivity index (χ4v) is 3.21. The Bertz CT molecular complexity index is 1170. The van der Waals surface area contributed by atoms with Crippen molar-refractivity contribution < 1.29 is 9.32 Å². The standard InChI is InChI=1S/C22H23N5O2/c1-14-10-15(7-8-16(14)12-23-21(28)20-24-13-29-26-20)17-11-19(22(2,3)4)25-27-9-5-6-18(17)27/h5-11,13H,12H2,1-4H3,(H,23,28). The molecule has 148 valence electrons. The summed E-state index contributed by atoms with van der Waals surface area (Å²) >= 11 is 0. The molecular weight excluding hydrogens is 366 g/mol. The third-order valence-electron chi connectivity index (χ3n) is 4.93. The summed E-state index contributed by atoms with van der Waals surface area (Å²) in [5.41, 5.74) is 6.42. The van der Waals surface area contributed by atoms with E-state index >= 15 is 0 Å². The van der Waals surface area contributed by atoms with Crippen molar-refractivity contribution >= 4 is 11.4 Å². The number of aromatic nitrogens is 4. The highest BCUT2D eigenvalue weighted by atomic mass is 16.5. The molecule has 0 aliphatic rings. The van der Waals surface area contributed by atoms with Gasteiger partial charge in [-0.2, -0.15) is 10.1 Å². The van der Waals surface area contributed by atoms with E-state index in [0.29, 0.717) is 6.54 Å². The topological polar surface area (TPSA) is 85.3 Å². The molecular formula is C22H23N5O2. The van der Waals surface area contributed by atoms with E-state index in [-0.39, 0.29) is 17.1 Å². The van der Waals surface area contributed by atoms with Gasteiger partial charge in [-0.3, -0.25) is 4.79 Å². The van der Waals surface area contributed by atoms with Crippen LogP contribution in [-0.4, -0.2) is 25.7 Å². The predicted octanol–water partition coefficient (Wildman–Crippen LogP) is 3.92. The van der Waals surface area contributed by atoms with Crippen LogP contribution >= 0.6 is 0 Å². The quantitative estimate of drug-likeness (QED) is 0.572. The Morgan fingerprint density at radius 1 is 1.21 bits per heavy atom. The second-order valence-corrected chi connectivity index (χ2v) is 8.11. The number of benzene rings is 1. The lowest BCUT2D eigenvalue weighted by molar-refractivity contribution is 0.0937. The number of carbonyl (C=O) groups is 1. The zero-order valence-corrected chi connectivity index (χ0v) is 16.9. The van der Waals surface area contributed by atoms with Gasteiger partial charge in [0, 0.05) is 23.7 Å². The molecule has 0 aliphatic carbocycles. The molecule has 0 radical (unpaired) electrons. The molecule has 0 bridgehead atoms. The highest BCUT2D eigenvalue weighted by molar-refractivity contribution is 5.90. The van der Waals surface area contributed by atoms with Crippen LogP contribution in [-0.2, 0) is 12.0 Å². The molecule has 7 heteroatoms. The highest BCUT2D eigenvalue weighted by Crippen LogP contribution is 2.31. The SMILES string of the molecule is Cc1cc(-c2cc(C(C)(C)C)nn3cccc23)ccc1CNC(=O)c1ncon1. The molecule has 0 spiro atoms. The van der Waals surface area contributed by atoms with Gasteiger partial charge in [0.25, 0.3) is 11.7 Å². The number of hydrogen-bond acceptors (Lipinski definition) is 5. The van der Waals surface area contributed by atoms with E-state index in [4.69, 9.17) is 5.10 Å². The van der Waals surface area contributed by atoms with E-state index in [0.717, 1.165) is 39.9 Å². The summed E-state index contributed by atoms with van der Waals surface area (Å²) in [5, 5.41) is 11.1. The van der Waals surface area contributed by atoms with Crippen LogP contribution < -0.4 is 5.32 Å². The van der Waals surface area contributed by atoms with Crippen LogP contribution in [0.5, 0.6) is 0 Å². The fourth-order valence-electron chi connectivity index (χ4n) is 3.21. The second kappa shape index (κ2) is 7.16. The molecule has 0 saturated carbocycles. The summed E-state index contributed by atoms with van der Waals surface area (Å²) < 4.78 is 6.54. The van der Waals surface area contributed by atoms with Crippen LogP contribution in [0.2, 0.25) is 0 Å². The molecule has 3 heterocycles. The lowest BCUT2D eigenvalue weighted by Gasteiger charge is -2.20. The van der Waals surface area contributed by atoms with Crippen molar-refractivity contribution in [2.45, 2.75) is 39.7 Å². The Labute approximate surface area is 168 Å². The molecule has 1 aromatic carbocycles. The largest absolute Gasteiger partial charge is 0.345 e. The maximum atomic E-state index is 12.0. The average Bonchev–Trinajstić information content (AvgIpc) is 3.36. The third-order valence-corrected chi connectivity index (χ3v) is 4.93. The Morgan fingerprint density at radius 3 is 2.72 bits per heavy atom. The van der Waals surface area contributed by atoms with Crippen LogP contribution in [0.1, 0.15) is 48.2 Å². The third kappa shape index (κ3) is 3.76. The molecule has 4 aromatic rings. The first-order chi connectivity index (χ1) is 13.8. The number of rotatable bonds is 4. The first-order valence-electron chi connectivity index (χ1n) is 9.46. The Hall–Kier alpha value is -3.48. The number of nitrogens with zero attached hydrogens (tertiary/aromatic N) is 4. The molecule has 1 N–H and O–H groups in total. The molecule has 4 rings (SSSR count). The van der Waals surface area contributed by atoms with Crippen molar-refractivity contribution in [1.82, 2.24) is 25.1 Å². The van der Waals surface area contributed by atoms with Gasteiger partial charge in [-0.15, -0.1) is 0 Å². The number of carbonyl (C=O) groups excluding carboxylic acids is 1. The normalized spacial score (nSPS) is 11.7. The van der Waals surface area contributed by atoms with Crippen LogP contribution in [0.25, 0.3) is 16.6 Å². The van der Waals surface area contributed by atoms with Gasteiger partial charge in [0.2, 0.25) is 6.39 Å². The minimum absolute atomic E-state index is 0.0291. The van der Waals surface area contributed by atoms with E-state index in [1.807, 2.05) is 29.8 Å². The van der Waals surface area contributed by atoms with E-state index in [1.54, 1.807) is 0 Å². The zero-order chi connectivity index (χ0) is 20.6. The zero-order valence-electron chi connectivity index (χ0n) is 16.9. The molecule has 0 unspecified atom stereocenters. The molecule has 0 aliphatic heterocycles. The van der Waals surface area contributed by atoms with Gasteiger partial charge >= 0.3 is 0 Å². The van der Waals surface area contributed by atoms with Crippen molar-refractivity contribution in [3.63, 3.8) is 0 Å². The van der Waals surface area contributed by atoms with Gasteiger partial charge in [0.05, 0.1) is 11.2 Å². The molecule has 1 amide bonds. The molecule has 29 heavy (non-hydrogen) atoms. The Balaban J connectivity index is 1.64. The van der Waals surface area contributed by atoms with Crippen LogP contribution in [0.15, 0.2) is 53.5 Å². The van der Waals surface area contributed by atoms with Crippen molar-refractivity contribution in [1.29, 1.82) is 0 Å². The summed E-state index contributed by atoms with van der Waals surface area (Å²) in [7, 11) is 0. The van der Waals surface area contributed by atoms with Gasteiger partial charge in [-0.25, -0.2) is 4.52 Å². The van der Waals surface area contributed by atoms with Crippen LogP contribution in [0.3, 0.4) is 0 Å². The van der Waals surface area contributed by atoms with E-state index < -0.39 is 0 Å². The van der Waals surface area contributed by atoms with Crippen molar-refractivity contribution in [3.8, 4) is 11.1 Å². The van der Waals surface area contributed by atoms with Gasteiger partial charge < -0.3 is 9.84 Å². The lowest BCUT2D eigenvalue weighted by atomic mass is 9.90. The summed E-state index contributed by atoms with van der Waals surface area (Å²) in [6.07, 6.45) is 3.11. The molecule has 3 aromatic heterocycles.